The Labute approximate surface area is 161 Å². The third kappa shape index (κ3) is 3.47. The molecule has 1 amide bonds. The van der Waals surface area contributed by atoms with Gasteiger partial charge in [-0.15, -0.1) is 0 Å². The van der Waals surface area contributed by atoms with E-state index < -0.39 is 5.82 Å². The molecule has 0 aliphatic heterocycles. The standard InChI is InChI=1S/C21H20FN3O3/c1-12-18(19(25-28-12)13-5-4-6-15(22)9-13)20(26)14-10-17(23-11-14)21(27)24-16-7-2-3-8-16/h4-6,9-11,16,23H,2-3,7-8H2,1H3,(H,24,27). The topological polar surface area (TPSA) is 88.0 Å². The molecule has 3 aromatic rings. The van der Waals surface area contributed by atoms with Crippen molar-refractivity contribution in [3.05, 3.63) is 64.9 Å². The minimum absolute atomic E-state index is 0.190. The Kier molecular flexibility index (Phi) is 4.81. The summed E-state index contributed by atoms with van der Waals surface area (Å²) in [6.45, 7) is 1.63. The van der Waals surface area contributed by atoms with Gasteiger partial charge in [0, 0.05) is 23.4 Å². The van der Waals surface area contributed by atoms with Crippen molar-refractivity contribution >= 4 is 11.7 Å². The first-order chi connectivity index (χ1) is 13.5. The zero-order valence-corrected chi connectivity index (χ0v) is 15.4. The lowest BCUT2D eigenvalue weighted by atomic mass is 9.99. The van der Waals surface area contributed by atoms with Crippen LogP contribution in [0, 0.1) is 12.7 Å². The Morgan fingerprint density at radius 3 is 2.79 bits per heavy atom. The fourth-order valence-electron chi connectivity index (χ4n) is 3.61. The van der Waals surface area contributed by atoms with E-state index in [-0.39, 0.29) is 29.0 Å². The number of amides is 1. The Bertz CT molecular complexity index is 1030. The number of carbonyl (C=O) groups is 2. The van der Waals surface area contributed by atoms with Gasteiger partial charge < -0.3 is 14.8 Å². The molecular weight excluding hydrogens is 361 g/mol. The summed E-state index contributed by atoms with van der Waals surface area (Å²) in [5.74, 6) is -0.654. The van der Waals surface area contributed by atoms with Gasteiger partial charge in [0.05, 0.1) is 5.56 Å². The van der Waals surface area contributed by atoms with Crippen LogP contribution in [0.4, 0.5) is 4.39 Å². The molecule has 1 aliphatic rings. The van der Waals surface area contributed by atoms with Crippen LogP contribution in [-0.2, 0) is 0 Å². The predicted molar refractivity (Wildman–Crippen MR) is 101 cm³/mol. The second-order valence-corrected chi connectivity index (χ2v) is 7.06. The Morgan fingerprint density at radius 2 is 2.04 bits per heavy atom. The quantitative estimate of drug-likeness (QED) is 0.654. The second kappa shape index (κ2) is 7.42. The third-order valence-corrected chi connectivity index (χ3v) is 5.07. The zero-order valence-electron chi connectivity index (χ0n) is 15.4. The van der Waals surface area contributed by atoms with Crippen molar-refractivity contribution in [2.75, 3.05) is 0 Å². The number of rotatable bonds is 5. The van der Waals surface area contributed by atoms with Gasteiger partial charge in [-0.1, -0.05) is 30.1 Å². The van der Waals surface area contributed by atoms with E-state index in [1.165, 1.54) is 24.4 Å². The summed E-state index contributed by atoms with van der Waals surface area (Å²) in [4.78, 5) is 28.3. The molecular formula is C21H20FN3O3. The van der Waals surface area contributed by atoms with Crippen LogP contribution in [0.25, 0.3) is 11.3 Å². The lowest BCUT2D eigenvalue weighted by Crippen LogP contribution is -2.32. The maximum absolute atomic E-state index is 13.6. The number of aromatic amines is 1. The van der Waals surface area contributed by atoms with Crippen LogP contribution >= 0.6 is 0 Å². The lowest BCUT2D eigenvalue weighted by Gasteiger charge is -2.10. The average molecular weight is 381 g/mol. The second-order valence-electron chi connectivity index (χ2n) is 7.06. The summed E-state index contributed by atoms with van der Waals surface area (Å²) in [5.41, 5.74) is 1.64. The zero-order chi connectivity index (χ0) is 19.7. The molecule has 0 saturated heterocycles. The van der Waals surface area contributed by atoms with E-state index in [0.717, 1.165) is 25.7 Å². The third-order valence-electron chi connectivity index (χ3n) is 5.07. The number of nitrogens with one attached hydrogen (secondary N) is 2. The maximum atomic E-state index is 13.6. The van der Waals surface area contributed by atoms with Crippen LogP contribution in [0.3, 0.4) is 0 Å². The van der Waals surface area contributed by atoms with Gasteiger partial charge in [-0.2, -0.15) is 0 Å². The largest absolute Gasteiger partial charge is 0.360 e. The molecule has 0 radical (unpaired) electrons. The van der Waals surface area contributed by atoms with Crippen molar-refractivity contribution in [3.63, 3.8) is 0 Å². The Hall–Kier alpha value is -3.22. The van der Waals surface area contributed by atoms with Crippen LogP contribution in [0.2, 0.25) is 0 Å². The van der Waals surface area contributed by atoms with Crippen LogP contribution < -0.4 is 5.32 Å². The van der Waals surface area contributed by atoms with Gasteiger partial charge in [0.1, 0.15) is 23.0 Å². The minimum Gasteiger partial charge on any atom is -0.360 e. The molecule has 0 spiro atoms. The average Bonchev–Trinajstić information content (AvgIpc) is 3.42. The molecule has 6 nitrogen and oxygen atoms in total. The van der Waals surface area contributed by atoms with Gasteiger partial charge >= 0.3 is 0 Å². The highest BCUT2D eigenvalue weighted by molar-refractivity contribution is 6.13. The van der Waals surface area contributed by atoms with E-state index in [4.69, 9.17) is 4.52 Å². The highest BCUT2D eigenvalue weighted by Gasteiger charge is 2.25. The highest BCUT2D eigenvalue weighted by atomic mass is 19.1. The minimum atomic E-state index is -0.427. The van der Waals surface area contributed by atoms with E-state index in [1.807, 2.05) is 0 Å². The monoisotopic (exact) mass is 381 g/mol. The lowest BCUT2D eigenvalue weighted by molar-refractivity contribution is 0.0933. The molecule has 4 rings (SSSR count). The number of benzene rings is 1. The molecule has 1 saturated carbocycles. The van der Waals surface area contributed by atoms with Crippen molar-refractivity contribution in [2.45, 2.75) is 38.6 Å². The number of ketones is 1. The maximum Gasteiger partial charge on any atom is 0.267 e. The van der Waals surface area contributed by atoms with E-state index >= 15 is 0 Å². The van der Waals surface area contributed by atoms with Gasteiger partial charge in [-0.3, -0.25) is 9.59 Å². The molecule has 0 bridgehead atoms. The van der Waals surface area contributed by atoms with Crippen LogP contribution in [0.5, 0.6) is 0 Å². The highest BCUT2D eigenvalue weighted by Crippen LogP contribution is 2.28. The first-order valence-electron chi connectivity index (χ1n) is 9.29. The van der Waals surface area contributed by atoms with Gasteiger partial charge in [-0.25, -0.2) is 4.39 Å². The van der Waals surface area contributed by atoms with Gasteiger partial charge in [0.15, 0.2) is 5.78 Å². The van der Waals surface area contributed by atoms with Crippen molar-refractivity contribution < 1.29 is 18.5 Å². The number of nitrogens with zero attached hydrogens (tertiary/aromatic N) is 1. The van der Waals surface area contributed by atoms with Crippen LogP contribution in [-0.4, -0.2) is 27.9 Å². The van der Waals surface area contributed by atoms with Crippen molar-refractivity contribution in [3.8, 4) is 11.3 Å². The fraction of sp³-hybridized carbons (Fsp3) is 0.286. The molecule has 1 fully saturated rings. The summed E-state index contributed by atoms with van der Waals surface area (Å²) in [5, 5.41) is 6.92. The summed E-state index contributed by atoms with van der Waals surface area (Å²) in [6, 6.07) is 7.54. The normalized spacial score (nSPS) is 14.4. The Morgan fingerprint density at radius 1 is 1.25 bits per heavy atom. The first-order valence-corrected chi connectivity index (χ1v) is 9.29. The molecule has 1 aromatic carbocycles. The van der Waals surface area contributed by atoms with Crippen LogP contribution in [0.1, 0.15) is 57.9 Å². The Balaban J connectivity index is 1.60. The van der Waals surface area contributed by atoms with Gasteiger partial charge in [0.25, 0.3) is 5.91 Å². The van der Waals surface area contributed by atoms with E-state index in [1.54, 1.807) is 19.1 Å². The van der Waals surface area contributed by atoms with E-state index in [0.29, 0.717) is 22.6 Å². The summed E-state index contributed by atoms with van der Waals surface area (Å²) in [7, 11) is 0. The molecule has 2 aromatic heterocycles. The summed E-state index contributed by atoms with van der Waals surface area (Å²) in [6.07, 6.45) is 5.70. The molecule has 0 atom stereocenters. The van der Waals surface area contributed by atoms with E-state index in [9.17, 15) is 14.0 Å². The fourth-order valence-corrected chi connectivity index (χ4v) is 3.61. The molecule has 144 valence electrons. The van der Waals surface area contributed by atoms with Crippen LogP contribution in [0.15, 0.2) is 41.1 Å². The van der Waals surface area contributed by atoms with Gasteiger partial charge in [-0.05, 0) is 38.0 Å². The number of H-pyrrole nitrogens is 1. The van der Waals surface area contributed by atoms with E-state index in [2.05, 4.69) is 15.5 Å². The van der Waals surface area contributed by atoms with Crippen molar-refractivity contribution in [1.29, 1.82) is 0 Å². The van der Waals surface area contributed by atoms with Gasteiger partial charge in [0.2, 0.25) is 0 Å². The number of halogens is 1. The molecule has 0 unspecified atom stereocenters. The molecule has 28 heavy (non-hydrogen) atoms. The first kappa shape index (κ1) is 18.2. The SMILES string of the molecule is Cc1onc(-c2cccc(F)c2)c1C(=O)c1c[nH]c(C(=O)NC2CCCC2)c1. The predicted octanol–water partition coefficient (Wildman–Crippen LogP) is 4.02. The summed E-state index contributed by atoms with van der Waals surface area (Å²) < 4.78 is 18.8. The van der Waals surface area contributed by atoms with Crippen molar-refractivity contribution in [2.24, 2.45) is 0 Å². The molecule has 2 heterocycles. The van der Waals surface area contributed by atoms with Crippen molar-refractivity contribution in [1.82, 2.24) is 15.5 Å². The summed E-state index contributed by atoms with van der Waals surface area (Å²) >= 11 is 0. The molecule has 2 N–H and O–H groups in total. The molecule has 1 aliphatic carbocycles. The number of aryl methyl sites for hydroxylation is 1. The number of carbonyl (C=O) groups excluding carboxylic acids is 2. The number of aromatic nitrogens is 2. The molecule has 7 heteroatoms. The number of hydrogen-bond acceptors (Lipinski definition) is 4. The number of hydrogen-bond donors (Lipinski definition) is 2. The smallest absolute Gasteiger partial charge is 0.267 e.